The van der Waals surface area contributed by atoms with E-state index in [-0.39, 0.29) is 24.0 Å². The molecule has 0 aliphatic rings. The van der Waals surface area contributed by atoms with Crippen LogP contribution in [0.4, 0.5) is 0 Å². The normalized spacial score (nSPS) is 13.5. The number of amides is 1. The molecule has 4 heteroatoms. The van der Waals surface area contributed by atoms with Crippen LogP contribution in [0.15, 0.2) is 23.0 Å². The van der Waals surface area contributed by atoms with Crippen molar-refractivity contribution in [3.05, 3.63) is 24.2 Å². The Hall–Kier alpha value is -1.29. The minimum atomic E-state index is -0.165. The number of nitrogens with one attached hydrogen (secondary N) is 1. The van der Waals surface area contributed by atoms with Crippen LogP contribution >= 0.6 is 0 Å². The molecule has 4 nitrogen and oxygen atoms in total. The zero-order valence-electron chi connectivity index (χ0n) is 9.99. The fourth-order valence-electron chi connectivity index (χ4n) is 1.49. The maximum atomic E-state index is 11.8. The van der Waals surface area contributed by atoms with Crippen molar-refractivity contribution in [1.82, 2.24) is 5.32 Å². The maximum Gasteiger partial charge on any atom is 0.254 e. The molecule has 0 bridgehead atoms. The molecule has 0 saturated carbocycles. The van der Waals surface area contributed by atoms with Gasteiger partial charge >= 0.3 is 0 Å². The SMILES string of the molecule is CC(C)(C)[C@@H](CCO)NC(=O)c1ccoc1. The molecule has 0 fully saturated rings. The molecule has 0 aliphatic carbocycles. The Bertz CT molecular complexity index is 325. The molecular weight excluding hydrogens is 206 g/mol. The van der Waals surface area contributed by atoms with Gasteiger partial charge in [0, 0.05) is 12.6 Å². The van der Waals surface area contributed by atoms with Crippen molar-refractivity contribution in [3.63, 3.8) is 0 Å². The van der Waals surface area contributed by atoms with E-state index in [2.05, 4.69) is 5.32 Å². The lowest BCUT2D eigenvalue weighted by molar-refractivity contribution is 0.0884. The second-order valence-corrected chi connectivity index (χ2v) is 4.92. The lowest BCUT2D eigenvalue weighted by Gasteiger charge is -2.30. The van der Waals surface area contributed by atoms with E-state index in [1.807, 2.05) is 20.8 Å². The van der Waals surface area contributed by atoms with Crippen molar-refractivity contribution >= 4 is 5.91 Å². The molecule has 0 radical (unpaired) electrons. The fourth-order valence-corrected chi connectivity index (χ4v) is 1.49. The standard InChI is InChI=1S/C12H19NO3/c1-12(2,3)10(4-6-14)13-11(15)9-5-7-16-8-9/h5,7-8,10,14H,4,6H2,1-3H3,(H,13,15)/t10-/m1/s1. The second-order valence-electron chi connectivity index (χ2n) is 4.92. The molecule has 90 valence electrons. The third kappa shape index (κ3) is 3.38. The van der Waals surface area contributed by atoms with Crippen LogP contribution < -0.4 is 5.32 Å². The molecule has 0 unspecified atom stereocenters. The Kier molecular flexibility index (Phi) is 4.12. The van der Waals surface area contributed by atoms with Gasteiger partial charge in [0.15, 0.2) is 0 Å². The molecule has 2 N–H and O–H groups in total. The minimum Gasteiger partial charge on any atom is -0.472 e. The van der Waals surface area contributed by atoms with E-state index >= 15 is 0 Å². The van der Waals surface area contributed by atoms with Gasteiger partial charge in [0.25, 0.3) is 5.91 Å². The summed E-state index contributed by atoms with van der Waals surface area (Å²) in [6, 6.07) is 1.56. The van der Waals surface area contributed by atoms with E-state index in [0.29, 0.717) is 12.0 Å². The molecule has 1 aromatic heterocycles. The molecule has 1 atom stereocenters. The van der Waals surface area contributed by atoms with E-state index in [9.17, 15) is 4.79 Å². The highest BCUT2D eigenvalue weighted by molar-refractivity contribution is 5.93. The predicted octanol–water partition coefficient (Wildman–Crippen LogP) is 1.81. The Balaban J connectivity index is 2.66. The first-order chi connectivity index (χ1) is 7.45. The largest absolute Gasteiger partial charge is 0.472 e. The van der Waals surface area contributed by atoms with Crippen molar-refractivity contribution in [1.29, 1.82) is 0 Å². The van der Waals surface area contributed by atoms with Gasteiger partial charge in [-0.15, -0.1) is 0 Å². The van der Waals surface area contributed by atoms with Crippen molar-refractivity contribution in [2.75, 3.05) is 6.61 Å². The van der Waals surface area contributed by atoms with Crippen LogP contribution in [0.5, 0.6) is 0 Å². The summed E-state index contributed by atoms with van der Waals surface area (Å²) in [6.07, 6.45) is 3.42. The number of carbonyl (C=O) groups is 1. The Morgan fingerprint density at radius 1 is 1.56 bits per heavy atom. The highest BCUT2D eigenvalue weighted by Crippen LogP contribution is 2.22. The van der Waals surface area contributed by atoms with Crippen LogP contribution in [-0.2, 0) is 0 Å². The van der Waals surface area contributed by atoms with Gasteiger partial charge in [0.1, 0.15) is 6.26 Å². The molecule has 1 aromatic rings. The quantitative estimate of drug-likeness (QED) is 0.821. The molecule has 0 saturated heterocycles. The Morgan fingerprint density at radius 3 is 2.69 bits per heavy atom. The zero-order valence-corrected chi connectivity index (χ0v) is 9.99. The topological polar surface area (TPSA) is 62.5 Å². The van der Waals surface area contributed by atoms with Gasteiger partial charge in [0.2, 0.25) is 0 Å². The monoisotopic (exact) mass is 225 g/mol. The van der Waals surface area contributed by atoms with Gasteiger partial charge in [-0.05, 0) is 17.9 Å². The summed E-state index contributed by atoms with van der Waals surface area (Å²) in [7, 11) is 0. The van der Waals surface area contributed by atoms with E-state index in [1.165, 1.54) is 12.5 Å². The molecule has 1 heterocycles. The Morgan fingerprint density at radius 2 is 2.25 bits per heavy atom. The van der Waals surface area contributed by atoms with Crippen LogP contribution in [0.2, 0.25) is 0 Å². The number of hydrogen-bond acceptors (Lipinski definition) is 3. The summed E-state index contributed by atoms with van der Waals surface area (Å²) >= 11 is 0. The summed E-state index contributed by atoms with van der Waals surface area (Å²) in [5, 5.41) is 11.9. The van der Waals surface area contributed by atoms with Crippen LogP contribution in [-0.4, -0.2) is 23.7 Å². The number of hydrogen-bond donors (Lipinski definition) is 2. The lowest BCUT2D eigenvalue weighted by Crippen LogP contribution is -2.44. The van der Waals surface area contributed by atoms with Gasteiger partial charge in [-0.3, -0.25) is 4.79 Å². The van der Waals surface area contributed by atoms with Gasteiger partial charge in [0.05, 0.1) is 11.8 Å². The van der Waals surface area contributed by atoms with E-state index in [1.54, 1.807) is 6.07 Å². The van der Waals surface area contributed by atoms with E-state index < -0.39 is 0 Å². The Labute approximate surface area is 95.7 Å². The van der Waals surface area contributed by atoms with Gasteiger partial charge in [-0.2, -0.15) is 0 Å². The predicted molar refractivity (Wildman–Crippen MR) is 61.1 cm³/mol. The number of carbonyl (C=O) groups excluding carboxylic acids is 1. The highest BCUT2D eigenvalue weighted by Gasteiger charge is 2.26. The highest BCUT2D eigenvalue weighted by atomic mass is 16.3. The summed E-state index contributed by atoms with van der Waals surface area (Å²) < 4.78 is 4.85. The molecular formula is C12H19NO3. The van der Waals surface area contributed by atoms with Crippen LogP contribution in [0.1, 0.15) is 37.6 Å². The lowest BCUT2D eigenvalue weighted by atomic mass is 9.85. The van der Waals surface area contributed by atoms with Crippen molar-refractivity contribution < 1.29 is 14.3 Å². The minimum absolute atomic E-state index is 0.0556. The van der Waals surface area contributed by atoms with Crippen LogP contribution in [0, 0.1) is 5.41 Å². The van der Waals surface area contributed by atoms with Gasteiger partial charge < -0.3 is 14.8 Å². The molecule has 16 heavy (non-hydrogen) atoms. The number of furan rings is 1. The van der Waals surface area contributed by atoms with Crippen molar-refractivity contribution in [2.45, 2.75) is 33.2 Å². The summed E-state index contributed by atoms with van der Waals surface area (Å²) in [4.78, 5) is 11.8. The molecule has 0 aliphatic heterocycles. The number of rotatable bonds is 4. The average molecular weight is 225 g/mol. The zero-order chi connectivity index (χ0) is 12.2. The summed E-state index contributed by atoms with van der Waals surface area (Å²) in [6.45, 7) is 6.16. The van der Waals surface area contributed by atoms with Gasteiger partial charge in [-0.1, -0.05) is 20.8 Å². The van der Waals surface area contributed by atoms with Crippen molar-refractivity contribution in [2.24, 2.45) is 5.41 Å². The fraction of sp³-hybridized carbons (Fsp3) is 0.583. The smallest absolute Gasteiger partial charge is 0.254 e. The first-order valence-electron chi connectivity index (χ1n) is 5.39. The van der Waals surface area contributed by atoms with E-state index in [0.717, 1.165) is 0 Å². The number of aliphatic hydroxyl groups is 1. The van der Waals surface area contributed by atoms with Crippen LogP contribution in [0.25, 0.3) is 0 Å². The molecule has 1 amide bonds. The third-order valence-electron chi connectivity index (χ3n) is 2.55. The summed E-state index contributed by atoms with van der Waals surface area (Å²) in [5.74, 6) is -0.165. The summed E-state index contributed by atoms with van der Waals surface area (Å²) in [5.41, 5.74) is 0.425. The molecule has 1 rings (SSSR count). The van der Waals surface area contributed by atoms with E-state index in [4.69, 9.17) is 9.52 Å². The third-order valence-corrected chi connectivity index (χ3v) is 2.55. The molecule has 0 aromatic carbocycles. The maximum absolute atomic E-state index is 11.8. The number of aliphatic hydroxyl groups excluding tert-OH is 1. The van der Waals surface area contributed by atoms with Gasteiger partial charge in [-0.25, -0.2) is 0 Å². The first-order valence-corrected chi connectivity index (χ1v) is 5.39. The second kappa shape index (κ2) is 5.16. The van der Waals surface area contributed by atoms with Crippen molar-refractivity contribution in [3.8, 4) is 0 Å². The first kappa shape index (κ1) is 12.8. The molecule has 0 spiro atoms. The average Bonchev–Trinajstić information content (AvgIpc) is 2.68. The van der Waals surface area contributed by atoms with Crippen LogP contribution in [0.3, 0.4) is 0 Å².